The Hall–Kier alpha value is -2.15. The Morgan fingerprint density at radius 3 is 2.06 bits per heavy atom. The van der Waals surface area contributed by atoms with E-state index in [2.05, 4.69) is 15.2 Å². The number of hydrogen-bond acceptors (Lipinski definition) is 15. The number of amides is 2. The summed E-state index contributed by atoms with van der Waals surface area (Å²) in [6.07, 6.45) is 2.11. The van der Waals surface area contributed by atoms with Crippen LogP contribution in [0.5, 0.6) is 0 Å². The van der Waals surface area contributed by atoms with Crippen LogP contribution in [0.15, 0.2) is 0 Å². The van der Waals surface area contributed by atoms with Crippen LogP contribution in [0.3, 0.4) is 0 Å². The van der Waals surface area contributed by atoms with Crippen LogP contribution in [-0.2, 0) is 56.4 Å². The van der Waals surface area contributed by atoms with Crippen LogP contribution in [-0.4, -0.2) is 139 Å². The molecule has 0 heterocycles. The Balaban J connectivity index is 2.58. The third-order valence-electron chi connectivity index (χ3n) is 7.05. The maximum Gasteiger partial charge on any atom is 0.471 e. The van der Waals surface area contributed by atoms with Crippen molar-refractivity contribution in [2.45, 2.75) is 62.7 Å². The predicted molar refractivity (Wildman–Crippen MR) is 177 cm³/mol. The van der Waals surface area contributed by atoms with Crippen molar-refractivity contribution in [3.63, 3.8) is 0 Å². The molecule has 0 aromatic carbocycles. The minimum atomic E-state index is -3.99. The van der Waals surface area contributed by atoms with Gasteiger partial charge in [0.05, 0.1) is 57.5 Å². The highest BCUT2D eigenvalue weighted by Gasteiger charge is 2.47. The molecule has 1 rings (SSSR count). The Bertz CT molecular complexity index is 1040. The number of alkyl carbamates (subject to hydrolysis) is 2. The second kappa shape index (κ2) is 27.6. The first-order chi connectivity index (χ1) is 23.6. The number of hydrogen-bond donors (Lipinski definition) is 3. The fraction of sp³-hybridized carbons (Fsp3) is 0.833. The number of phosphoric ester groups is 1. The minimum absolute atomic E-state index is 0.0689. The van der Waals surface area contributed by atoms with Gasteiger partial charge in [0.1, 0.15) is 19.1 Å². The highest BCUT2D eigenvalue weighted by molar-refractivity contribution is 8.00. The van der Waals surface area contributed by atoms with Crippen LogP contribution in [0.4, 0.5) is 9.59 Å². The lowest BCUT2D eigenvalue weighted by atomic mass is 9.92. The van der Waals surface area contributed by atoms with Gasteiger partial charge < -0.3 is 43.9 Å². The van der Waals surface area contributed by atoms with E-state index >= 15 is 0 Å². The molecule has 0 bridgehead atoms. The summed E-state index contributed by atoms with van der Waals surface area (Å²) in [5.41, 5.74) is 0. The number of methoxy groups -OCH3 is 2. The molecule has 1 saturated carbocycles. The lowest BCUT2D eigenvalue weighted by molar-refractivity contribution is -0.137. The number of nitrogens with one attached hydrogen (secondary N) is 2. The maximum atomic E-state index is 13.5. The monoisotopic (exact) mass is 744 g/mol. The Kier molecular flexibility index (Phi) is 25.2. The maximum absolute atomic E-state index is 13.5. The lowest BCUT2D eigenvalue weighted by Gasteiger charge is -2.20. The summed E-state index contributed by atoms with van der Waals surface area (Å²) in [6.45, 7) is 2.15. The zero-order valence-corrected chi connectivity index (χ0v) is 30.4. The normalized spacial score (nSPS) is 17.8. The molecular formula is C30H53N2O15PS. The molecule has 17 nitrogen and oxygen atoms in total. The molecule has 1 aliphatic rings. The summed E-state index contributed by atoms with van der Waals surface area (Å²) in [5.74, 6) is -2.55. The first-order valence-corrected chi connectivity index (χ1v) is 18.8. The highest BCUT2D eigenvalue weighted by Crippen LogP contribution is 2.42. The second-order valence-electron chi connectivity index (χ2n) is 10.8. The summed E-state index contributed by atoms with van der Waals surface area (Å²) < 4.78 is 50.8. The zero-order valence-electron chi connectivity index (χ0n) is 28.7. The first-order valence-electron chi connectivity index (χ1n) is 16.3. The number of rotatable bonds is 30. The van der Waals surface area contributed by atoms with Crippen LogP contribution >= 0.6 is 19.6 Å². The third kappa shape index (κ3) is 21.0. The van der Waals surface area contributed by atoms with Crippen LogP contribution in [0.1, 0.15) is 51.4 Å². The first kappa shape index (κ1) is 44.9. The number of phosphoric acid groups is 1. The molecule has 0 saturated heterocycles. The largest absolute Gasteiger partial charge is 0.471 e. The zero-order chi connectivity index (χ0) is 36.3. The molecule has 4 atom stereocenters. The number of ether oxygens (including phenoxy) is 6. The van der Waals surface area contributed by atoms with Gasteiger partial charge in [-0.15, -0.1) is 0 Å². The molecule has 4 unspecified atom stereocenters. The molecule has 0 aromatic heterocycles. The summed E-state index contributed by atoms with van der Waals surface area (Å²) in [4.78, 5) is 73.2. The van der Waals surface area contributed by atoms with E-state index in [0.717, 1.165) is 26.4 Å². The molecule has 2 amide bonds. The number of carbonyl (C=O) groups excluding carboxylic acids is 5. The van der Waals surface area contributed by atoms with E-state index in [-0.39, 0.29) is 52.4 Å². The molecule has 1 fully saturated rings. The van der Waals surface area contributed by atoms with E-state index in [1.165, 1.54) is 18.9 Å². The van der Waals surface area contributed by atoms with Crippen molar-refractivity contribution in [3.05, 3.63) is 0 Å². The molecule has 19 heteroatoms. The van der Waals surface area contributed by atoms with Crippen LogP contribution in [0.2, 0.25) is 0 Å². The quantitative estimate of drug-likeness (QED) is 0.0546. The summed E-state index contributed by atoms with van der Waals surface area (Å²) in [5, 5.41) is 4.43. The van der Waals surface area contributed by atoms with E-state index in [0.29, 0.717) is 51.4 Å². The molecule has 0 radical (unpaired) electrons. The highest BCUT2D eigenvalue weighted by atomic mass is 32.2. The fourth-order valence-corrected chi connectivity index (χ4v) is 6.17. The summed E-state index contributed by atoms with van der Waals surface area (Å²) in [7, 11) is 0.181. The van der Waals surface area contributed by atoms with Gasteiger partial charge in [-0.1, -0.05) is 12.8 Å². The molecule has 0 aliphatic heterocycles. The average Bonchev–Trinajstić information content (AvgIpc) is 3.36. The van der Waals surface area contributed by atoms with Gasteiger partial charge in [-0.2, -0.15) is 11.8 Å². The molecule has 49 heavy (non-hydrogen) atoms. The molecule has 284 valence electrons. The van der Waals surface area contributed by atoms with E-state index in [1.807, 2.05) is 0 Å². The van der Waals surface area contributed by atoms with Gasteiger partial charge in [0, 0.05) is 34.3 Å². The van der Waals surface area contributed by atoms with Crippen molar-refractivity contribution in [2.24, 2.45) is 5.92 Å². The predicted octanol–water partition coefficient (Wildman–Crippen LogP) is 2.46. The van der Waals surface area contributed by atoms with E-state index in [9.17, 15) is 33.4 Å². The van der Waals surface area contributed by atoms with Crippen molar-refractivity contribution in [2.75, 3.05) is 93.1 Å². The second-order valence-corrected chi connectivity index (χ2v) is 13.6. The molecule has 1 aliphatic carbocycles. The fourth-order valence-electron chi connectivity index (χ4n) is 4.46. The number of thioether (sulfide) groups is 1. The van der Waals surface area contributed by atoms with Gasteiger partial charge in [-0.05, 0) is 37.9 Å². The molecular weight excluding hydrogens is 691 g/mol. The number of ketones is 3. The molecule has 3 N–H and O–H groups in total. The molecule has 0 spiro atoms. The Labute approximate surface area is 292 Å². The lowest BCUT2D eigenvalue weighted by Crippen LogP contribution is -2.46. The standard InChI is InChI=1S/C30H53N2O15PS/c1-40-13-15-43-17-19-45-29(36)31-11-7-6-10-23(32-30(37)46-20-18-44-16-14-41-2)27(34)26-24(33)22-25(28(26)35)49-21-9-5-4-8-12-47-48(38,39)42-3/h23,25-26H,4-22H2,1-3H3,(H,31,36)(H,32,37)(H,38,39). The topological polar surface area (TPSA) is 221 Å². The summed E-state index contributed by atoms with van der Waals surface area (Å²) >= 11 is 1.31. The average molecular weight is 745 g/mol. The van der Waals surface area contributed by atoms with Gasteiger partial charge in [0.15, 0.2) is 17.3 Å². The van der Waals surface area contributed by atoms with Crippen molar-refractivity contribution in [1.82, 2.24) is 10.6 Å². The Morgan fingerprint density at radius 1 is 0.816 bits per heavy atom. The third-order valence-corrected chi connectivity index (χ3v) is 9.34. The van der Waals surface area contributed by atoms with Crippen LogP contribution < -0.4 is 10.6 Å². The SMILES string of the molecule is COCCOCCOC(=O)NCCCCC(NC(=O)OCCOCCOC)C(=O)C1C(=O)CC(SCCCCCCOP(=O)(O)OC)C1=O. The minimum Gasteiger partial charge on any atom is -0.447 e. The van der Waals surface area contributed by atoms with Crippen molar-refractivity contribution in [1.29, 1.82) is 0 Å². The van der Waals surface area contributed by atoms with Gasteiger partial charge in [-0.25, -0.2) is 14.2 Å². The van der Waals surface area contributed by atoms with E-state index in [1.54, 1.807) is 7.11 Å². The van der Waals surface area contributed by atoms with Crippen LogP contribution in [0.25, 0.3) is 0 Å². The summed E-state index contributed by atoms with van der Waals surface area (Å²) in [6, 6.07) is -1.16. The number of unbranched alkanes of at least 4 members (excludes halogenated alkanes) is 4. The molecule has 0 aromatic rings. The van der Waals surface area contributed by atoms with Crippen molar-refractivity contribution in [3.8, 4) is 0 Å². The van der Waals surface area contributed by atoms with Crippen molar-refractivity contribution < 1.29 is 70.9 Å². The van der Waals surface area contributed by atoms with Crippen LogP contribution in [0, 0.1) is 5.92 Å². The van der Waals surface area contributed by atoms with Crippen molar-refractivity contribution >= 4 is 49.1 Å². The van der Waals surface area contributed by atoms with Gasteiger partial charge in [0.25, 0.3) is 0 Å². The number of Topliss-reactive ketones (excluding diaryl/α,β-unsaturated/α-hetero) is 3. The smallest absolute Gasteiger partial charge is 0.447 e. The number of carbonyl (C=O) groups is 5. The van der Waals surface area contributed by atoms with E-state index in [4.69, 9.17) is 32.9 Å². The van der Waals surface area contributed by atoms with Gasteiger partial charge >= 0.3 is 20.0 Å². The van der Waals surface area contributed by atoms with Gasteiger partial charge in [0.2, 0.25) is 0 Å². The van der Waals surface area contributed by atoms with E-state index < -0.39 is 54.6 Å². The Morgan fingerprint density at radius 2 is 1.43 bits per heavy atom. The van der Waals surface area contributed by atoms with Gasteiger partial charge in [-0.3, -0.25) is 23.4 Å².